The number of fused-ring (bicyclic) bond motifs is 1. The van der Waals surface area contributed by atoms with Crippen molar-refractivity contribution in [1.29, 1.82) is 0 Å². The summed E-state index contributed by atoms with van der Waals surface area (Å²) in [6.45, 7) is 2.28. The molecule has 2 unspecified atom stereocenters. The molecule has 110 valence electrons. The summed E-state index contributed by atoms with van der Waals surface area (Å²) in [4.78, 5) is 9.27. The average molecular weight is 275 g/mol. The van der Waals surface area contributed by atoms with Gasteiger partial charge in [-0.25, -0.2) is 9.97 Å². The lowest BCUT2D eigenvalue weighted by Crippen LogP contribution is -2.27. The Kier molecular flexibility index (Phi) is 4.20. The molecule has 0 amide bonds. The Hall–Kier alpha value is -1.16. The van der Waals surface area contributed by atoms with Crippen molar-refractivity contribution in [1.82, 2.24) is 9.97 Å². The van der Waals surface area contributed by atoms with Crippen molar-refractivity contribution >= 4 is 5.82 Å². The van der Waals surface area contributed by atoms with Crippen LogP contribution < -0.4 is 5.32 Å². The molecule has 1 aromatic heterocycles. The van der Waals surface area contributed by atoms with E-state index in [-0.39, 0.29) is 0 Å². The van der Waals surface area contributed by atoms with Crippen LogP contribution >= 0.6 is 0 Å². The van der Waals surface area contributed by atoms with Gasteiger partial charge in [-0.05, 0) is 57.8 Å². The first kappa shape index (κ1) is 13.8. The molecule has 3 rings (SSSR count). The summed E-state index contributed by atoms with van der Waals surface area (Å²) in [7, 11) is 0. The SMILES string of the molecule is Cc1nc2c(c(NC3CCCC3CCO)n1)CCCC2. The van der Waals surface area contributed by atoms with Crippen LogP contribution in [0.4, 0.5) is 5.82 Å². The van der Waals surface area contributed by atoms with E-state index in [1.807, 2.05) is 6.92 Å². The number of nitrogens with zero attached hydrogens (tertiary/aromatic N) is 2. The molecule has 1 aromatic rings. The number of aliphatic hydroxyl groups excluding tert-OH is 1. The number of anilines is 1. The third-order valence-corrected chi connectivity index (χ3v) is 4.78. The van der Waals surface area contributed by atoms with E-state index in [1.54, 1.807) is 0 Å². The Morgan fingerprint density at radius 2 is 2.00 bits per heavy atom. The molecule has 20 heavy (non-hydrogen) atoms. The van der Waals surface area contributed by atoms with Crippen LogP contribution in [0.15, 0.2) is 0 Å². The van der Waals surface area contributed by atoms with Gasteiger partial charge in [0.25, 0.3) is 0 Å². The summed E-state index contributed by atoms with van der Waals surface area (Å²) >= 11 is 0. The molecule has 2 aliphatic rings. The van der Waals surface area contributed by atoms with Crippen LogP contribution in [0.5, 0.6) is 0 Å². The summed E-state index contributed by atoms with van der Waals surface area (Å²) in [5.74, 6) is 2.54. The Morgan fingerprint density at radius 3 is 2.85 bits per heavy atom. The number of hydrogen-bond acceptors (Lipinski definition) is 4. The molecule has 1 heterocycles. The van der Waals surface area contributed by atoms with Gasteiger partial charge in [0.2, 0.25) is 0 Å². The molecule has 0 saturated heterocycles. The van der Waals surface area contributed by atoms with Crippen LogP contribution in [-0.2, 0) is 12.8 Å². The van der Waals surface area contributed by atoms with E-state index in [1.165, 1.54) is 43.4 Å². The second kappa shape index (κ2) is 6.08. The second-order valence-corrected chi connectivity index (χ2v) is 6.21. The van der Waals surface area contributed by atoms with Crippen LogP contribution in [0.3, 0.4) is 0 Å². The number of rotatable bonds is 4. The largest absolute Gasteiger partial charge is 0.396 e. The van der Waals surface area contributed by atoms with E-state index in [9.17, 15) is 5.11 Å². The lowest BCUT2D eigenvalue weighted by atomic mass is 9.95. The van der Waals surface area contributed by atoms with Crippen LogP contribution in [0.2, 0.25) is 0 Å². The number of aliphatic hydroxyl groups is 1. The molecular weight excluding hydrogens is 250 g/mol. The molecule has 0 bridgehead atoms. The number of aromatic nitrogens is 2. The molecule has 1 fully saturated rings. The van der Waals surface area contributed by atoms with Crippen molar-refractivity contribution in [3.63, 3.8) is 0 Å². The first-order valence-electron chi connectivity index (χ1n) is 8.01. The maximum atomic E-state index is 9.19. The van der Waals surface area contributed by atoms with Gasteiger partial charge in [-0.2, -0.15) is 0 Å². The van der Waals surface area contributed by atoms with Gasteiger partial charge in [0.05, 0.1) is 0 Å². The van der Waals surface area contributed by atoms with Gasteiger partial charge in [-0.1, -0.05) is 6.42 Å². The molecular formula is C16H25N3O. The number of hydrogen-bond donors (Lipinski definition) is 2. The number of nitrogens with one attached hydrogen (secondary N) is 1. The molecule has 0 radical (unpaired) electrons. The molecule has 0 spiro atoms. The zero-order chi connectivity index (χ0) is 13.9. The van der Waals surface area contributed by atoms with E-state index in [0.717, 1.165) is 30.9 Å². The van der Waals surface area contributed by atoms with E-state index in [4.69, 9.17) is 0 Å². The maximum Gasteiger partial charge on any atom is 0.133 e. The Labute approximate surface area is 121 Å². The molecule has 0 aromatic carbocycles. The molecule has 2 N–H and O–H groups in total. The lowest BCUT2D eigenvalue weighted by Gasteiger charge is -2.25. The molecule has 0 aliphatic heterocycles. The number of aryl methyl sites for hydroxylation is 2. The van der Waals surface area contributed by atoms with E-state index in [2.05, 4.69) is 15.3 Å². The molecule has 2 atom stereocenters. The third-order valence-electron chi connectivity index (χ3n) is 4.78. The summed E-state index contributed by atoms with van der Waals surface area (Å²) in [6, 6.07) is 0.475. The van der Waals surface area contributed by atoms with Crippen molar-refractivity contribution in [3.8, 4) is 0 Å². The minimum Gasteiger partial charge on any atom is -0.396 e. The predicted octanol–water partition coefficient (Wildman–Crippen LogP) is 2.63. The standard InChI is InChI=1S/C16H25N3O/c1-11-17-15-7-3-2-6-13(15)16(18-11)19-14-8-4-5-12(14)9-10-20/h12,14,20H,2-10H2,1H3,(H,17,18,19). The topological polar surface area (TPSA) is 58.0 Å². The van der Waals surface area contributed by atoms with Gasteiger partial charge in [0, 0.05) is 23.9 Å². The fourth-order valence-corrected chi connectivity index (χ4v) is 3.75. The quantitative estimate of drug-likeness (QED) is 0.887. The van der Waals surface area contributed by atoms with Gasteiger partial charge < -0.3 is 10.4 Å². The fraction of sp³-hybridized carbons (Fsp3) is 0.750. The lowest BCUT2D eigenvalue weighted by molar-refractivity contribution is 0.254. The van der Waals surface area contributed by atoms with Gasteiger partial charge >= 0.3 is 0 Å². The van der Waals surface area contributed by atoms with E-state index in [0.29, 0.717) is 18.6 Å². The van der Waals surface area contributed by atoms with Crippen molar-refractivity contribution < 1.29 is 5.11 Å². The monoisotopic (exact) mass is 275 g/mol. The highest BCUT2D eigenvalue weighted by atomic mass is 16.3. The fourth-order valence-electron chi connectivity index (χ4n) is 3.75. The van der Waals surface area contributed by atoms with Crippen molar-refractivity contribution in [2.24, 2.45) is 5.92 Å². The van der Waals surface area contributed by atoms with E-state index < -0.39 is 0 Å². The first-order valence-corrected chi connectivity index (χ1v) is 8.01. The summed E-state index contributed by atoms with van der Waals surface area (Å²) < 4.78 is 0. The van der Waals surface area contributed by atoms with Gasteiger partial charge in [-0.3, -0.25) is 0 Å². The minimum atomic E-state index is 0.295. The second-order valence-electron chi connectivity index (χ2n) is 6.21. The zero-order valence-electron chi connectivity index (χ0n) is 12.4. The highest BCUT2D eigenvalue weighted by Crippen LogP contribution is 2.33. The van der Waals surface area contributed by atoms with Gasteiger partial charge in [0.15, 0.2) is 0 Å². The van der Waals surface area contributed by atoms with Crippen molar-refractivity contribution in [2.45, 2.75) is 64.3 Å². The highest BCUT2D eigenvalue weighted by molar-refractivity contribution is 5.48. The van der Waals surface area contributed by atoms with Crippen molar-refractivity contribution in [3.05, 3.63) is 17.1 Å². The first-order chi connectivity index (χ1) is 9.78. The van der Waals surface area contributed by atoms with E-state index >= 15 is 0 Å². The van der Waals surface area contributed by atoms with Crippen LogP contribution in [-0.4, -0.2) is 27.7 Å². The Balaban J connectivity index is 1.81. The minimum absolute atomic E-state index is 0.295. The molecule has 4 nitrogen and oxygen atoms in total. The van der Waals surface area contributed by atoms with Crippen LogP contribution in [0, 0.1) is 12.8 Å². The summed E-state index contributed by atoms with van der Waals surface area (Å²) in [6.07, 6.45) is 9.29. The third kappa shape index (κ3) is 2.80. The van der Waals surface area contributed by atoms with Crippen molar-refractivity contribution in [2.75, 3.05) is 11.9 Å². The normalized spacial score (nSPS) is 25.5. The van der Waals surface area contributed by atoms with Gasteiger partial charge in [-0.15, -0.1) is 0 Å². The van der Waals surface area contributed by atoms with Gasteiger partial charge in [0.1, 0.15) is 11.6 Å². The summed E-state index contributed by atoms with van der Waals surface area (Å²) in [5, 5.41) is 12.9. The zero-order valence-corrected chi connectivity index (χ0v) is 12.4. The molecule has 4 heteroatoms. The Bertz CT molecular complexity index is 475. The average Bonchev–Trinajstić information content (AvgIpc) is 2.86. The highest BCUT2D eigenvalue weighted by Gasteiger charge is 2.28. The Morgan fingerprint density at radius 1 is 1.15 bits per heavy atom. The van der Waals surface area contributed by atoms with Crippen LogP contribution in [0.25, 0.3) is 0 Å². The smallest absolute Gasteiger partial charge is 0.133 e. The molecule has 1 saturated carbocycles. The predicted molar refractivity (Wildman–Crippen MR) is 79.9 cm³/mol. The van der Waals surface area contributed by atoms with Crippen LogP contribution in [0.1, 0.15) is 55.6 Å². The molecule has 2 aliphatic carbocycles. The summed E-state index contributed by atoms with van der Waals surface area (Å²) in [5.41, 5.74) is 2.60. The maximum absolute atomic E-state index is 9.19.